The number of nitrogens with one attached hydrogen (secondary N) is 1. The lowest BCUT2D eigenvalue weighted by atomic mass is 10.2. The summed E-state index contributed by atoms with van der Waals surface area (Å²) in [5, 5.41) is 13.7. The van der Waals surface area contributed by atoms with Crippen LogP contribution in [-0.2, 0) is 4.79 Å². The molecule has 28 heavy (non-hydrogen) atoms. The summed E-state index contributed by atoms with van der Waals surface area (Å²) in [4.78, 5) is 42.3. The number of halogens is 1. The average molecular weight is 404 g/mol. The number of piperazine rings is 1. The Kier molecular flexibility index (Phi) is 6.05. The zero-order chi connectivity index (χ0) is 20.1. The third-order valence-corrected chi connectivity index (χ3v) is 4.65. The second-order valence-corrected chi connectivity index (χ2v) is 6.62. The van der Waals surface area contributed by atoms with E-state index in [0.717, 1.165) is 5.69 Å². The van der Waals surface area contributed by atoms with Crippen LogP contribution >= 0.6 is 11.6 Å². The fourth-order valence-corrected chi connectivity index (χ4v) is 3.05. The highest BCUT2D eigenvalue weighted by Gasteiger charge is 2.22. The molecule has 0 aliphatic carbocycles. The number of carbonyl (C=O) groups is 2. The number of hydrogen-bond acceptors (Lipinski definition) is 6. The number of aromatic nitrogens is 1. The van der Waals surface area contributed by atoms with Gasteiger partial charge >= 0.3 is 0 Å². The molecule has 1 aromatic heterocycles. The van der Waals surface area contributed by atoms with Crippen LogP contribution in [0.25, 0.3) is 0 Å². The molecule has 0 radical (unpaired) electrons. The number of amides is 2. The topological polar surface area (TPSA) is 109 Å². The van der Waals surface area contributed by atoms with E-state index in [1.54, 1.807) is 23.1 Å². The first-order valence-electron chi connectivity index (χ1n) is 8.61. The molecule has 0 unspecified atom stereocenters. The van der Waals surface area contributed by atoms with Gasteiger partial charge in [-0.3, -0.25) is 24.7 Å². The largest absolute Gasteiger partial charge is 0.368 e. The van der Waals surface area contributed by atoms with Crippen LogP contribution in [-0.4, -0.2) is 59.3 Å². The number of nitrogens with zero attached hydrogens (tertiary/aromatic N) is 4. The van der Waals surface area contributed by atoms with E-state index < -0.39 is 10.8 Å². The number of hydrogen-bond donors (Lipinski definition) is 1. The van der Waals surface area contributed by atoms with Crippen LogP contribution < -0.4 is 10.2 Å². The molecule has 9 nitrogen and oxygen atoms in total. The molecule has 1 saturated heterocycles. The quantitative estimate of drug-likeness (QED) is 0.601. The number of rotatable bonds is 5. The van der Waals surface area contributed by atoms with Crippen molar-refractivity contribution >= 4 is 34.8 Å². The third kappa shape index (κ3) is 4.74. The monoisotopic (exact) mass is 403 g/mol. The van der Waals surface area contributed by atoms with Gasteiger partial charge in [-0.2, -0.15) is 0 Å². The van der Waals surface area contributed by atoms with Gasteiger partial charge in [-0.05, 0) is 24.3 Å². The molecule has 1 fully saturated rings. The Balaban J connectivity index is 1.48. The fourth-order valence-electron chi connectivity index (χ4n) is 2.89. The molecule has 1 aliphatic heterocycles. The summed E-state index contributed by atoms with van der Waals surface area (Å²) >= 11 is 5.83. The maximum Gasteiger partial charge on any atom is 0.270 e. The predicted molar refractivity (Wildman–Crippen MR) is 103 cm³/mol. The molecule has 0 atom stereocenters. The van der Waals surface area contributed by atoms with Crippen molar-refractivity contribution in [1.29, 1.82) is 0 Å². The van der Waals surface area contributed by atoms with Crippen molar-refractivity contribution < 1.29 is 14.5 Å². The van der Waals surface area contributed by atoms with Crippen LogP contribution in [0.2, 0.25) is 5.02 Å². The van der Waals surface area contributed by atoms with Crippen LogP contribution in [0.15, 0.2) is 42.6 Å². The molecule has 3 rings (SSSR count). The zero-order valence-electron chi connectivity index (χ0n) is 14.9. The molecule has 1 aromatic carbocycles. The molecule has 0 saturated carbocycles. The van der Waals surface area contributed by atoms with Crippen LogP contribution in [0.5, 0.6) is 0 Å². The smallest absolute Gasteiger partial charge is 0.270 e. The standard InChI is InChI=1S/C18H18ClN5O4/c19-13-5-6-20-16(11-13)18(26)21-12-17(25)23-9-7-22(8-10-23)14-1-3-15(4-2-14)24(27)28/h1-6,11H,7-10,12H2,(H,21,26). The van der Waals surface area contributed by atoms with Gasteiger partial charge in [-0.1, -0.05) is 11.6 Å². The summed E-state index contributed by atoms with van der Waals surface area (Å²) in [6.07, 6.45) is 1.43. The summed E-state index contributed by atoms with van der Waals surface area (Å²) in [7, 11) is 0. The second-order valence-electron chi connectivity index (χ2n) is 6.18. The van der Waals surface area contributed by atoms with Crippen molar-refractivity contribution in [3.63, 3.8) is 0 Å². The molecule has 1 N–H and O–H groups in total. The predicted octanol–water partition coefficient (Wildman–Crippen LogP) is 1.72. The molecule has 2 aromatic rings. The Labute approximate surface area is 166 Å². The Morgan fingerprint density at radius 2 is 1.82 bits per heavy atom. The molecule has 0 spiro atoms. The van der Waals surface area contributed by atoms with Gasteiger partial charge in [0.05, 0.1) is 11.5 Å². The van der Waals surface area contributed by atoms with E-state index in [1.807, 2.05) is 0 Å². The first kappa shape index (κ1) is 19.6. The maximum absolute atomic E-state index is 12.3. The Morgan fingerprint density at radius 1 is 1.14 bits per heavy atom. The molecule has 2 amide bonds. The Morgan fingerprint density at radius 3 is 2.43 bits per heavy atom. The molecular weight excluding hydrogens is 386 g/mol. The average Bonchev–Trinajstić information content (AvgIpc) is 2.72. The number of benzene rings is 1. The van der Waals surface area contributed by atoms with E-state index in [4.69, 9.17) is 11.6 Å². The summed E-state index contributed by atoms with van der Waals surface area (Å²) in [6, 6.07) is 9.33. The molecule has 146 valence electrons. The number of nitro groups is 1. The highest BCUT2D eigenvalue weighted by Crippen LogP contribution is 2.20. The van der Waals surface area contributed by atoms with Crippen molar-refractivity contribution in [2.45, 2.75) is 0 Å². The Hall–Kier alpha value is -3.20. The first-order valence-corrected chi connectivity index (χ1v) is 8.99. The SMILES string of the molecule is O=C(NCC(=O)N1CCN(c2ccc([N+](=O)[O-])cc2)CC1)c1cc(Cl)ccn1. The number of nitro benzene ring substituents is 1. The minimum atomic E-state index is -0.458. The summed E-state index contributed by atoms with van der Waals surface area (Å²) < 4.78 is 0. The highest BCUT2D eigenvalue weighted by atomic mass is 35.5. The lowest BCUT2D eigenvalue weighted by molar-refractivity contribution is -0.384. The van der Waals surface area contributed by atoms with E-state index in [9.17, 15) is 19.7 Å². The third-order valence-electron chi connectivity index (χ3n) is 4.41. The van der Waals surface area contributed by atoms with Crippen molar-refractivity contribution in [2.75, 3.05) is 37.6 Å². The second kappa shape index (κ2) is 8.66. The number of non-ortho nitro benzene ring substituents is 1. The van der Waals surface area contributed by atoms with Gasteiger partial charge < -0.3 is 15.1 Å². The normalized spacial score (nSPS) is 13.9. The van der Waals surface area contributed by atoms with Gasteiger partial charge in [0.1, 0.15) is 5.69 Å². The molecule has 1 aliphatic rings. The van der Waals surface area contributed by atoms with Gasteiger partial charge in [-0.15, -0.1) is 0 Å². The van der Waals surface area contributed by atoms with Crippen molar-refractivity contribution in [2.24, 2.45) is 0 Å². The number of pyridine rings is 1. The molecule has 0 bridgehead atoms. The lowest BCUT2D eigenvalue weighted by Crippen LogP contribution is -2.51. The zero-order valence-corrected chi connectivity index (χ0v) is 15.6. The summed E-state index contributed by atoms with van der Waals surface area (Å²) in [5.74, 6) is -0.640. The maximum atomic E-state index is 12.3. The Bertz CT molecular complexity index is 882. The van der Waals surface area contributed by atoms with E-state index >= 15 is 0 Å². The number of anilines is 1. The van der Waals surface area contributed by atoms with Crippen LogP contribution in [0.3, 0.4) is 0 Å². The fraction of sp³-hybridized carbons (Fsp3) is 0.278. The van der Waals surface area contributed by atoms with Gasteiger partial charge in [0.25, 0.3) is 11.6 Å². The van der Waals surface area contributed by atoms with Gasteiger partial charge in [0.2, 0.25) is 5.91 Å². The first-order chi connectivity index (χ1) is 13.4. The van der Waals surface area contributed by atoms with Gasteiger partial charge in [0, 0.05) is 55.2 Å². The lowest BCUT2D eigenvalue weighted by Gasteiger charge is -2.36. The molecule has 2 heterocycles. The van der Waals surface area contributed by atoms with Crippen LogP contribution in [0, 0.1) is 10.1 Å². The highest BCUT2D eigenvalue weighted by molar-refractivity contribution is 6.30. The van der Waals surface area contributed by atoms with E-state index in [1.165, 1.54) is 24.4 Å². The van der Waals surface area contributed by atoms with Gasteiger partial charge in [0.15, 0.2) is 0 Å². The molecular formula is C18H18ClN5O4. The van der Waals surface area contributed by atoms with E-state index in [-0.39, 0.29) is 23.8 Å². The molecule has 10 heteroatoms. The van der Waals surface area contributed by atoms with E-state index in [2.05, 4.69) is 15.2 Å². The van der Waals surface area contributed by atoms with Gasteiger partial charge in [-0.25, -0.2) is 0 Å². The van der Waals surface area contributed by atoms with E-state index in [0.29, 0.717) is 31.2 Å². The summed E-state index contributed by atoms with van der Waals surface area (Å²) in [6.45, 7) is 2.09. The van der Waals surface area contributed by atoms with Crippen molar-refractivity contribution in [3.8, 4) is 0 Å². The van der Waals surface area contributed by atoms with Crippen molar-refractivity contribution in [1.82, 2.24) is 15.2 Å². The van der Waals surface area contributed by atoms with Crippen LogP contribution in [0.1, 0.15) is 10.5 Å². The minimum absolute atomic E-state index is 0.0440. The van der Waals surface area contributed by atoms with Crippen molar-refractivity contribution in [3.05, 3.63) is 63.4 Å². The number of carbonyl (C=O) groups excluding carboxylic acids is 2. The summed E-state index contributed by atoms with van der Waals surface area (Å²) in [5.41, 5.74) is 1.07. The van der Waals surface area contributed by atoms with Crippen LogP contribution in [0.4, 0.5) is 11.4 Å². The minimum Gasteiger partial charge on any atom is -0.368 e.